The molecule has 0 saturated carbocycles. The fourth-order valence-electron chi connectivity index (χ4n) is 3.30. The van der Waals surface area contributed by atoms with Crippen molar-refractivity contribution in [2.24, 2.45) is 0 Å². The third-order valence-corrected chi connectivity index (χ3v) is 4.84. The van der Waals surface area contributed by atoms with Crippen LogP contribution in [0.5, 0.6) is 11.5 Å². The summed E-state index contributed by atoms with van der Waals surface area (Å²) in [6.45, 7) is 3.67. The number of fused-ring (bicyclic) bond motifs is 1. The third kappa shape index (κ3) is 5.30. The largest absolute Gasteiger partial charge is 0.490 e. The molecule has 34 heavy (non-hydrogen) atoms. The van der Waals surface area contributed by atoms with Gasteiger partial charge in [0.05, 0.1) is 30.8 Å². The van der Waals surface area contributed by atoms with Crippen molar-refractivity contribution < 1.29 is 33.4 Å². The number of hydrogen-bond donors (Lipinski definition) is 0. The second-order valence-corrected chi connectivity index (χ2v) is 7.06. The molecule has 0 unspecified atom stereocenters. The number of nitrogens with zero attached hydrogens (tertiary/aromatic N) is 2. The van der Waals surface area contributed by atoms with E-state index >= 15 is 0 Å². The van der Waals surface area contributed by atoms with Crippen molar-refractivity contribution in [2.45, 2.75) is 20.3 Å². The molecular formula is C25H22N2O7. The van der Waals surface area contributed by atoms with Crippen LogP contribution in [0.25, 0.3) is 6.08 Å². The summed E-state index contributed by atoms with van der Waals surface area (Å²) in [5.74, 6) is -1.95. The molecule has 0 aromatic heterocycles. The Bertz CT molecular complexity index is 1170. The molecule has 0 fully saturated rings. The Morgan fingerprint density at radius 3 is 2.26 bits per heavy atom. The number of ether oxygens (including phenoxy) is 3. The minimum atomic E-state index is -0.744. The van der Waals surface area contributed by atoms with E-state index in [4.69, 9.17) is 14.2 Å². The molecule has 0 radical (unpaired) electrons. The molecule has 0 N–H and O–H groups in total. The van der Waals surface area contributed by atoms with Crippen molar-refractivity contribution in [3.8, 4) is 17.6 Å². The molecule has 0 spiro atoms. The topological polar surface area (TPSA) is 123 Å². The van der Waals surface area contributed by atoms with Gasteiger partial charge in [-0.05, 0) is 49.8 Å². The molecule has 174 valence electrons. The third-order valence-electron chi connectivity index (χ3n) is 4.84. The normalized spacial score (nSPS) is 12.7. The lowest BCUT2D eigenvalue weighted by Gasteiger charge is -2.14. The number of esters is 2. The highest BCUT2D eigenvalue weighted by Gasteiger charge is 2.35. The molecule has 0 bridgehead atoms. The van der Waals surface area contributed by atoms with Crippen LogP contribution in [0.15, 0.2) is 48.0 Å². The van der Waals surface area contributed by atoms with Crippen LogP contribution in [-0.2, 0) is 14.3 Å². The highest BCUT2D eigenvalue weighted by Crippen LogP contribution is 2.30. The highest BCUT2D eigenvalue weighted by molar-refractivity contribution is 6.21. The Kier molecular flexibility index (Phi) is 7.77. The minimum absolute atomic E-state index is 0.124. The lowest BCUT2D eigenvalue weighted by molar-refractivity contribution is -0.138. The quantitative estimate of drug-likeness (QED) is 0.183. The SMILES string of the molecule is CCOC(=O)/C(C#N)=C/c1ccc(OC(=O)CCN2C(=O)c3ccccc3C2=O)c(OCC)c1. The summed E-state index contributed by atoms with van der Waals surface area (Å²) in [5.41, 5.74) is 0.902. The molecule has 2 aromatic carbocycles. The van der Waals surface area contributed by atoms with Crippen LogP contribution in [0.3, 0.4) is 0 Å². The lowest BCUT2D eigenvalue weighted by Crippen LogP contribution is -2.32. The summed E-state index contributed by atoms with van der Waals surface area (Å²) in [6, 6.07) is 12.8. The van der Waals surface area contributed by atoms with Gasteiger partial charge >= 0.3 is 11.9 Å². The first-order chi connectivity index (χ1) is 16.4. The Morgan fingerprint density at radius 1 is 1.00 bits per heavy atom. The van der Waals surface area contributed by atoms with Crippen LogP contribution in [0.2, 0.25) is 0 Å². The number of imide groups is 1. The van der Waals surface area contributed by atoms with Gasteiger partial charge in [0, 0.05) is 6.54 Å². The summed E-state index contributed by atoms with van der Waals surface area (Å²) >= 11 is 0. The van der Waals surface area contributed by atoms with Crippen LogP contribution in [0.1, 0.15) is 46.5 Å². The molecule has 0 aliphatic carbocycles. The number of carbonyl (C=O) groups is 4. The average molecular weight is 462 g/mol. The molecule has 1 aliphatic heterocycles. The maximum atomic E-state index is 12.4. The first-order valence-corrected chi connectivity index (χ1v) is 10.6. The molecule has 0 atom stereocenters. The van der Waals surface area contributed by atoms with Crippen molar-refractivity contribution in [2.75, 3.05) is 19.8 Å². The molecular weight excluding hydrogens is 440 g/mol. The van der Waals surface area contributed by atoms with Crippen LogP contribution in [0, 0.1) is 11.3 Å². The fourth-order valence-corrected chi connectivity index (χ4v) is 3.30. The van der Waals surface area contributed by atoms with Crippen LogP contribution in [-0.4, -0.2) is 48.4 Å². The van der Waals surface area contributed by atoms with Gasteiger partial charge < -0.3 is 14.2 Å². The van der Waals surface area contributed by atoms with Gasteiger partial charge in [0.15, 0.2) is 11.5 Å². The van der Waals surface area contributed by atoms with E-state index in [0.29, 0.717) is 16.7 Å². The molecule has 2 amide bonds. The highest BCUT2D eigenvalue weighted by atomic mass is 16.6. The van der Waals surface area contributed by atoms with Gasteiger partial charge in [0.25, 0.3) is 11.8 Å². The number of benzene rings is 2. The number of rotatable bonds is 9. The predicted octanol–water partition coefficient (Wildman–Crippen LogP) is 3.15. The average Bonchev–Trinajstić information content (AvgIpc) is 3.07. The molecule has 9 heteroatoms. The van der Waals surface area contributed by atoms with Crippen molar-refractivity contribution in [3.05, 3.63) is 64.7 Å². The van der Waals surface area contributed by atoms with Crippen molar-refractivity contribution in [1.82, 2.24) is 4.90 Å². The fraction of sp³-hybridized carbons (Fsp3) is 0.240. The van der Waals surface area contributed by atoms with E-state index in [0.717, 1.165) is 4.90 Å². The summed E-state index contributed by atoms with van der Waals surface area (Å²) in [4.78, 5) is 50.1. The zero-order valence-electron chi connectivity index (χ0n) is 18.7. The minimum Gasteiger partial charge on any atom is -0.490 e. The Labute approximate surface area is 196 Å². The maximum absolute atomic E-state index is 12.4. The standard InChI is InChI=1S/C25H22N2O7/c1-3-32-21-14-16(13-17(15-26)25(31)33-4-2)9-10-20(21)34-22(28)11-12-27-23(29)18-7-5-6-8-19(18)24(27)30/h5-10,13-14H,3-4,11-12H2,1-2H3/b17-13+. The van der Waals surface area contributed by atoms with Gasteiger partial charge in [0.1, 0.15) is 11.6 Å². The number of hydrogen-bond acceptors (Lipinski definition) is 8. The van der Waals surface area contributed by atoms with Gasteiger partial charge in [0.2, 0.25) is 0 Å². The van der Waals surface area contributed by atoms with E-state index < -0.39 is 23.8 Å². The summed E-state index contributed by atoms with van der Waals surface area (Å²) in [5, 5.41) is 9.20. The molecule has 3 rings (SSSR count). The zero-order valence-corrected chi connectivity index (χ0v) is 18.7. The lowest BCUT2D eigenvalue weighted by atomic mass is 10.1. The van der Waals surface area contributed by atoms with Crippen molar-refractivity contribution in [1.29, 1.82) is 5.26 Å². The monoisotopic (exact) mass is 462 g/mol. The Hall–Kier alpha value is -4.45. The number of carbonyl (C=O) groups excluding carboxylic acids is 4. The van der Waals surface area contributed by atoms with E-state index in [2.05, 4.69) is 0 Å². The summed E-state index contributed by atoms with van der Waals surface area (Å²) in [6.07, 6.45) is 1.13. The maximum Gasteiger partial charge on any atom is 0.348 e. The van der Waals surface area contributed by atoms with Gasteiger partial charge in [-0.1, -0.05) is 18.2 Å². The van der Waals surface area contributed by atoms with Gasteiger partial charge in [-0.3, -0.25) is 19.3 Å². The van der Waals surface area contributed by atoms with Crippen molar-refractivity contribution >= 4 is 29.8 Å². The molecule has 1 heterocycles. The van der Waals surface area contributed by atoms with Crippen molar-refractivity contribution in [3.63, 3.8) is 0 Å². The Balaban J connectivity index is 1.69. The number of nitriles is 1. The summed E-state index contributed by atoms with van der Waals surface area (Å²) < 4.78 is 15.8. The second-order valence-electron chi connectivity index (χ2n) is 7.06. The van der Waals surface area contributed by atoms with Gasteiger partial charge in [-0.25, -0.2) is 4.79 Å². The molecule has 0 saturated heterocycles. The van der Waals surface area contributed by atoms with Crippen LogP contribution < -0.4 is 9.47 Å². The Morgan fingerprint density at radius 2 is 1.68 bits per heavy atom. The van der Waals surface area contributed by atoms with E-state index in [-0.39, 0.29) is 43.3 Å². The molecule has 9 nitrogen and oxygen atoms in total. The van der Waals surface area contributed by atoms with E-state index in [1.807, 2.05) is 0 Å². The summed E-state index contributed by atoms with van der Waals surface area (Å²) in [7, 11) is 0. The van der Waals surface area contributed by atoms with E-state index in [1.165, 1.54) is 18.2 Å². The van der Waals surface area contributed by atoms with E-state index in [9.17, 15) is 24.4 Å². The van der Waals surface area contributed by atoms with Gasteiger partial charge in [-0.2, -0.15) is 5.26 Å². The first-order valence-electron chi connectivity index (χ1n) is 10.6. The van der Waals surface area contributed by atoms with E-state index in [1.54, 1.807) is 50.2 Å². The van der Waals surface area contributed by atoms with Crippen LogP contribution >= 0.6 is 0 Å². The van der Waals surface area contributed by atoms with Gasteiger partial charge in [-0.15, -0.1) is 0 Å². The van der Waals surface area contributed by atoms with Crippen LogP contribution in [0.4, 0.5) is 0 Å². The zero-order chi connectivity index (χ0) is 24.7. The molecule has 2 aromatic rings. The predicted molar refractivity (Wildman–Crippen MR) is 120 cm³/mol. The smallest absolute Gasteiger partial charge is 0.348 e. The first kappa shape index (κ1) is 24.2. The number of amides is 2. The molecule has 1 aliphatic rings. The second kappa shape index (κ2) is 10.9.